The Labute approximate surface area is 115 Å². The third-order valence-electron chi connectivity index (χ3n) is 3.77. The van der Waals surface area contributed by atoms with Crippen LogP contribution in [-0.4, -0.2) is 53.0 Å². The van der Waals surface area contributed by atoms with Crippen LogP contribution in [0.4, 0.5) is 0 Å². The van der Waals surface area contributed by atoms with Gasteiger partial charge in [0.05, 0.1) is 12.6 Å². The highest BCUT2D eigenvalue weighted by atomic mass is 32.2. The monoisotopic (exact) mass is 302 g/mol. The van der Waals surface area contributed by atoms with Gasteiger partial charge < -0.3 is 15.3 Å². The fourth-order valence-electron chi connectivity index (χ4n) is 2.66. The third-order valence-corrected chi connectivity index (χ3v) is 6.54. The van der Waals surface area contributed by atoms with E-state index in [2.05, 4.69) is 10.4 Å². The molecule has 1 amide bonds. The molecule has 3 atom stereocenters. The SMILES string of the molecule is CC1(CN/C=C\N=N)[C@H](C(=O)O)N2C(=O)C[C@H]2S1(=O)=O. The predicted molar refractivity (Wildman–Crippen MR) is 66.3 cm³/mol. The molecule has 2 aliphatic rings. The van der Waals surface area contributed by atoms with Crippen LogP contribution < -0.4 is 5.32 Å². The molecule has 9 nitrogen and oxygen atoms in total. The molecule has 2 aliphatic heterocycles. The lowest BCUT2D eigenvalue weighted by Gasteiger charge is -2.35. The second-order valence-corrected chi connectivity index (χ2v) is 7.45. The molecule has 0 aromatic carbocycles. The number of aliphatic carboxylic acids is 1. The number of sulfone groups is 1. The molecule has 3 N–H and O–H groups in total. The van der Waals surface area contributed by atoms with Crippen molar-refractivity contribution in [2.45, 2.75) is 29.5 Å². The van der Waals surface area contributed by atoms with Crippen molar-refractivity contribution >= 4 is 21.7 Å². The van der Waals surface area contributed by atoms with Crippen LogP contribution >= 0.6 is 0 Å². The van der Waals surface area contributed by atoms with Crippen molar-refractivity contribution in [2.75, 3.05) is 6.54 Å². The van der Waals surface area contributed by atoms with E-state index in [0.717, 1.165) is 11.1 Å². The molecule has 20 heavy (non-hydrogen) atoms. The molecule has 0 aromatic rings. The fraction of sp³-hybridized carbons (Fsp3) is 0.600. The summed E-state index contributed by atoms with van der Waals surface area (Å²) in [5.74, 6) is -1.81. The Bertz CT molecular complexity index is 601. The number of hydrogen-bond donors (Lipinski definition) is 3. The maximum atomic E-state index is 12.4. The second-order valence-electron chi connectivity index (χ2n) is 4.88. The van der Waals surface area contributed by atoms with Gasteiger partial charge in [0.1, 0.15) is 10.1 Å². The largest absolute Gasteiger partial charge is 0.480 e. The van der Waals surface area contributed by atoms with Gasteiger partial charge in [0, 0.05) is 12.7 Å². The number of nitrogens with one attached hydrogen (secondary N) is 2. The highest BCUT2D eigenvalue weighted by Crippen LogP contribution is 2.45. The van der Waals surface area contributed by atoms with Gasteiger partial charge in [0.2, 0.25) is 5.91 Å². The van der Waals surface area contributed by atoms with Crippen molar-refractivity contribution in [2.24, 2.45) is 5.11 Å². The second kappa shape index (κ2) is 4.54. The Morgan fingerprint density at radius 3 is 2.85 bits per heavy atom. The zero-order chi connectivity index (χ0) is 15.1. The lowest BCUT2D eigenvalue weighted by atomic mass is 9.96. The molecule has 0 bridgehead atoms. The van der Waals surface area contributed by atoms with Gasteiger partial charge in [-0.1, -0.05) is 0 Å². The van der Waals surface area contributed by atoms with Crippen molar-refractivity contribution in [3.05, 3.63) is 12.4 Å². The van der Waals surface area contributed by atoms with Crippen LogP contribution in [0.3, 0.4) is 0 Å². The number of carboxylic acid groups (broad SMARTS) is 1. The minimum absolute atomic E-state index is 0.167. The molecule has 2 saturated heterocycles. The summed E-state index contributed by atoms with van der Waals surface area (Å²) in [5.41, 5.74) is 6.56. The van der Waals surface area contributed by atoms with E-state index in [-0.39, 0.29) is 13.0 Å². The van der Waals surface area contributed by atoms with Gasteiger partial charge in [-0.05, 0) is 6.92 Å². The van der Waals surface area contributed by atoms with E-state index in [4.69, 9.17) is 5.53 Å². The highest BCUT2D eigenvalue weighted by molar-refractivity contribution is 7.94. The van der Waals surface area contributed by atoms with E-state index in [9.17, 15) is 23.1 Å². The third kappa shape index (κ3) is 1.71. The Morgan fingerprint density at radius 2 is 2.35 bits per heavy atom. The lowest BCUT2D eigenvalue weighted by molar-refractivity contribution is -0.157. The molecule has 0 spiro atoms. The zero-order valence-electron chi connectivity index (χ0n) is 10.6. The molecule has 0 radical (unpaired) electrons. The van der Waals surface area contributed by atoms with Gasteiger partial charge in [-0.2, -0.15) is 5.11 Å². The number of carbonyl (C=O) groups excluding carboxylic acids is 1. The fourth-order valence-corrected chi connectivity index (χ4v) is 4.99. The summed E-state index contributed by atoms with van der Waals surface area (Å²) in [6, 6.07) is -1.41. The van der Waals surface area contributed by atoms with Crippen LogP contribution in [0, 0.1) is 5.53 Å². The van der Waals surface area contributed by atoms with E-state index >= 15 is 0 Å². The minimum Gasteiger partial charge on any atom is -0.480 e. The first-order chi connectivity index (χ1) is 9.27. The number of carbonyl (C=O) groups is 2. The van der Waals surface area contributed by atoms with Crippen molar-refractivity contribution in [1.29, 1.82) is 5.53 Å². The molecule has 0 saturated carbocycles. The van der Waals surface area contributed by atoms with Crippen LogP contribution in [0.1, 0.15) is 13.3 Å². The first-order valence-corrected chi connectivity index (χ1v) is 7.34. The highest BCUT2D eigenvalue weighted by Gasteiger charge is 2.69. The van der Waals surface area contributed by atoms with Crippen LogP contribution in [0.15, 0.2) is 17.5 Å². The first-order valence-electron chi connectivity index (χ1n) is 5.80. The average Bonchev–Trinajstić information content (AvgIpc) is 2.49. The molecule has 0 aliphatic carbocycles. The van der Waals surface area contributed by atoms with Gasteiger partial charge in [-0.15, -0.1) is 0 Å². The number of carboxylic acids is 1. The topological polar surface area (TPSA) is 140 Å². The normalized spacial score (nSPS) is 34.6. The first kappa shape index (κ1) is 14.4. The standard InChI is InChI=1S/C10H14N4O5S/c1-10(5-12-2-3-13-11)8(9(16)17)14-6(15)4-7(14)20(10,18)19/h2-3,7-8,11-12H,4-5H2,1H3,(H,16,17)/b3-2-,13-11?/t7-,8+,10?/m1/s1. The molecule has 10 heteroatoms. The number of rotatable bonds is 5. The molecular formula is C10H14N4O5S. The number of fused-ring (bicyclic) bond motifs is 1. The number of β-lactam (4-membered cyclic amide) rings is 1. The summed E-state index contributed by atoms with van der Waals surface area (Å²) in [6.45, 7) is 1.13. The van der Waals surface area contributed by atoms with Crippen molar-refractivity contribution in [3.63, 3.8) is 0 Å². The van der Waals surface area contributed by atoms with E-state index < -0.39 is 37.9 Å². The molecule has 2 rings (SSSR count). The van der Waals surface area contributed by atoms with Gasteiger partial charge in [0.15, 0.2) is 15.9 Å². The van der Waals surface area contributed by atoms with Crippen LogP contribution in [0.5, 0.6) is 0 Å². The Balaban J connectivity index is 2.36. The maximum Gasteiger partial charge on any atom is 0.328 e. The van der Waals surface area contributed by atoms with E-state index in [1.165, 1.54) is 13.1 Å². The summed E-state index contributed by atoms with van der Waals surface area (Å²) >= 11 is 0. The number of amides is 1. The summed E-state index contributed by atoms with van der Waals surface area (Å²) < 4.78 is 23.2. The van der Waals surface area contributed by atoms with E-state index in [1.54, 1.807) is 0 Å². The summed E-state index contributed by atoms with van der Waals surface area (Å²) in [4.78, 5) is 23.8. The quantitative estimate of drug-likeness (QED) is 0.452. The molecule has 0 aromatic heterocycles. The van der Waals surface area contributed by atoms with Crippen LogP contribution in [0.2, 0.25) is 0 Å². The smallest absolute Gasteiger partial charge is 0.328 e. The number of nitrogens with zero attached hydrogens (tertiary/aromatic N) is 2. The van der Waals surface area contributed by atoms with Crippen molar-refractivity contribution in [1.82, 2.24) is 10.2 Å². The summed E-state index contributed by atoms with van der Waals surface area (Å²) in [5, 5.41) is 13.8. The van der Waals surface area contributed by atoms with Crippen LogP contribution in [-0.2, 0) is 19.4 Å². The van der Waals surface area contributed by atoms with Gasteiger partial charge in [-0.3, -0.25) is 4.79 Å². The average molecular weight is 302 g/mol. The van der Waals surface area contributed by atoms with Gasteiger partial charge in [0.25, 0.3) is 0 Å². The predicted octanol–water partition coefficient (Wildman–Crippen LogP) is -0.723. The van der Waals surface area contributed by atoms with Crippen LogP contribution in [0.25, 0.3) is 0 Å². The van der Waals surface area contributed by atoms with Gasteiger partial charge >= 0.3 is 5.97 Å². The lowest BCUT2D eigenvalue weighted by Crippen LogP contribution is -2.58. The Hall–Kier alpha value is -1.97. The maximum absolute atomic E-state index is 12.4. The molecule has 1 unspecified atom stereocenters. The van der Waals surface area contributed by atoms with Gasteiger partial charge in [-0.25, -0.2) is 18.7 Å². The minimum atomic E-state index is -3.79. The van der Waals surface area contributed by atoms with E-state index in [1.807, 2.05) is 0 Å². The zero-order valence-corrected chi connectivity index (χ0v) is 11.4. The Morgan fingerprint density at radius 1 is 1.70 bits per heavy atom. The summed E-state index contributed by atoms with van der Waals surface area (Å²) in [6.07, 6.45) is 2.18. The molecular weight excluding hydrogens is 288 g/mol. The molecule has 2 fully saturated rings. The molecule has 2 heterocycles. The van der Waals surface area contributed by atoms with E-state index in [0.29, 0.717) is 0 Å². The summed E-state index contributed by atoms with van der Waals surface area (Å²) in [7, 11) is -3.79. The number of hydrogen-bond acceptors (Lipinski definition) is 7. The Kier molecular flexibility index (Phi) is 3.28. The van der Waals surface area contributed by atoms with Crippen molar-refractivity contribution in [3.8, 4) is 0 Å². The van der Waals surface area contributed by atoms with Crippen molar-refractivity contribution < 1.29 is 23.1 Å². The molecule has 110 valence electrons.